The minimum Gasteiger partial charge on any atom is -0.494 e. The molecule has 10 aliphatic rings. The summed E-state index contributed by atoms with van der Waals surface area (Å²) in [5, 5.41) is 170. The van der Waals surface area contributed by atoms with Gasteiger partial charge < -0.3 is 134 Å². The molecule has 5 saturated heterocycles. The second kappa shape index (κ2) is 26.0. The molecule has 0 aromatic carbocycles. The summed E-state index contributed by atoms with van der Waals surface area (Å²) in [6.07, 6.45) is -30.8. The van der Waals surface area contributed by atoms with E-state index in [9.17, 15) is 81.7 Å². The quantitative estimate of drug-likeness (QED) is 0.0574. The van der Waals surface area contributed by atoms with E-state index in [0.717, 1.165) is 50.7 Å². The van der Waals surface area contributed by atoms with E-state index >= 15 is 0 Å². The fourth-order valence-corrected chi connectivity index (χ4v) is 15.8. The van der Waals surface area contributed by atoms with Crippen molar-refractivity contribution in [2.24, 2.45) is 40.4 Å². The molecule has 10 rings (SSSR count). The number of ether oxygens (including phenoxy) is 11. The van der Waals surface area contributed by atoms with Crippen LogP contribution in [-0.2, 0) is 52.1 Å². The Labute approximate surface area is 480 Å². The predicted molar refractivity (Wildman–Crippen MR) is 277 cm³/mol. The van der Waals surface area contributed by atoms with Gasteiger partial charge in [0, 0.05) is 12.3 Å². The summed E-state index contributed by atoms with van der Waals surface area (Å²) in [5.41, 5.74) is 2.48. The molecule has 6 aliphatic heterocycles. The van der Waals surface area contributed by atoms with Crippen molar-refractivity contribution in [3.8, 4) is 0 Å². The maximum absolute atomic E-state index is 11.8. The zero-order valence-corrected chi connectivity index (χ0v) is 47.2. The van der Waals surface area contributed by atoms with E-state index in [4.69, 9.17) is 52.1 Å². The van der Waals surface area contributed by atoms with Gasteiger partial charge in [0.05, 0.1) is 51.5 Å². The molecule has 27 heteroatoms. The molecule has 0 radical (unpaired) electrons. The van der Waals surface area contributed by atoms with Gasteiger partial charge in [0.25, 0.3) is 0 Å². The number of aliphatic hydroxyl groups excluding tert-OH is 16. The van der Waals surface area contributed by atoms with Crippen molar-refractivity contribution in [2.45, 2.75) is 245 Å². The standard InChI is InChI=1S/C56H90O27/c1-21(19-73-50-44(70)40(66)37(63)31(15-57)77-50)5-8-29-22(2)35-30(76-29)14-27-25-7-6-23-13-24(9-11-55(23,3)26(25)10-12-56(27,35)4)75-52-46(72)42(68)47(34(18-60)80-52)81-54-49(83-53-45(71)41(67)38(64)32(16-58)78-53)48(39(65)33(17-59)79-54)82-51-43(69)36(62)28(61)20-74-51/h6,21,24-28,30-54,57-72H,5,7-20H2,1-4H3/t21-,24-,25+,26-,27-,28+,30-,31+,32+,33+,34+,35-,36?,37+,38+,39+,40-,41-,42+,43+,44+,45+,46+,47-,48-,49+,50+,51-,52+,53-,54-,55-,56-/m0/s1. The molecule has 1 unspecified atom stereocenters. The lowest BCUT2D eigenvalue weighted by atomic mass is 9.47. The first-order valence-corrected chi connectivity index (χ1v) is 29.6. The van der Waals surface area contributed by atoms with E-state index < -0.39 is 187 Å². The molecule has 4 aliphatic carbocycles. The van der Waals surface area contributed by atoms with Crippen LogP contribution in [0.2, 0.25) is 0 Å². The maximum atomic E-state index is 11.8. The summed E-state index contributed by atoms with van der Waals surface area (Å²) < 4.78 is 66.0. The lowest BCUT2D eigenvalue weighted by Gasteiger charge is -2.58. The normalized spacial score (nSPS) is 52.2. The van der Waals surface area contributed by atoms with E-state index in [1.807, 2.05) is 6.92 Å². The number of allylic oxidation sites excluding steroid dienone is 2. The number of aliphatic hydroxyl groups is 16. The molecule has 476 valence electrons. The second-order valence-corrected chi connectivity index (χ2v) is 25.6. The molecule has 8 fully saturated rings. The second-order valence-electron chi connectivity index (χ2n) is 25.6. The molecule has 3 saturated carbocycles. The third-order valence-corrected chi connectivity index (χ3v) is 20.6. The van der Waals surface area contributed by atoms with Crippen molar-refractivity contribution in [3.63, 3.8) is 0 Å². The van der Waals surface area contributed by atoms with Crippen molar-refractivity contribution in [2.75, 3.05) is 39.6 Å². The van der Waals surface area contributed by atoms with Gasteiger partial charge in [-0.3, -0.25) is 0 Å². The fourth-order valence-electron chi connectivity index (χ4n) is 15.8. The lowest BCUT2D eigenvalue weighted by Crippen LogP contribution is -2.68. The van der Waals surface area contributed by atoms with E-state index in [1.54, 1.807) is 0 Å². The minimum atomic E-state index is -2.02. The topological polar surface area (TPSA) is 425 Å². The zero-order chi connectivity index (χ0) is 59.7. The van der Waals surface area contributed by atoms with E-state index in [-0.39, 0.29) is 35.4 Å². The van der Waals surface area contributed by atoms with E-state index in [2.05, 4.69) is 26.8 Å². The van der Waals surface area contributed by atoms with Crippen molar-refractivity contribution in [3.05, 3.63) is 23.0 Å². The van der Waals surface area contributed by atoms with Crippen LogP contribution in [0.25, 0.3) is 0 Å². The number of fused-ring (bicyclic) bond motifs is 7. The number of hydrogen-bond acceptors (Lipinski definition) is 27. The van der Waals surface area contributed by atoms with Gasteiger partial charge in [0.15, 0.2) is 31.5 Å². The first-order chi connectivity index (χ1) is 39.5. The summed E-state index contributed by atoms with van der Waals surface area (Å²) in [6.45, 7) is 5.64. The smallest absolute Gasteiger partial charge is 0.187 e. The highest BCUT2D eigenvalue weighted by molar-refractivity contribution is 5.30. The van der Waals surface area contributed by atoms with Crippen molar-refractivity contribution in [1.82, 2.24) is 0 Å². The van der Waals surface area contributed by atoms with Crippen LogP contribution in [0.5, 0.6) is 0 Å². The van der Waals surface area contributed by atoms with Crippen LogP contribution >= 0.6 is 0 Å². The Balaban J connectivity index is 0.775. The fraction of sp³-hybridized carbons (Fsp3) is 0.929. The Bertz CT molecular complexity index is 2220. The van der Waals surface area contributed by atoms with Crippen molar-refractivity contribution < 1.29 is 134 Å². The molecule has 33 atom stereocenters. The molecule has 83 heavy (non-hydrogen) atoms. The highest BCUT2D eigenvalue weighted by atomic mass is 16.8. The Hall–Kier alpha value is -1.76. The summed E-state index contributed by atoms with van der Waals surface area (Å²) in [4.78, 5) is 0. The van der Waals surface area contributed by atoms with Gasteiger partial charge in [-0.1, -0.05) is 32.4 Å². The van der Waals surface area contributed by atoms with Crippen LogP contribution in [0.4, 0.5) is 0 Å². The molecular formula is C56H90O27. The molecule has 6 heterocycles. The van der Waals surface area contributed by atoms with Gasteiger partial charge in [0.1, 0.15) is 122 Å². The monoisotopic (exact) mass is 1190 g/mol. The Kier molecular flexibility index (Phi) is 20.1. The van der Waals surface area contributed by atoms with Gasteiger partial charge in [0.2, 0.25) is 0 Å². The number of hydrogen-bond donors (Lipinski definition) is 16. The van der Waals surface area contributed by atoms with Crippen molar-refractivity contribution in [1.29, 1.82) is 0 Å². The SMILES string of the molecule is CC1=C(CC[C@H](C)CO[C@@H]2O[C@H](CO)[C@@H](O)[C@H](O)[C@H]2O)O[C@H]2C[C@H]3[C@@H]4CC=C5C[C@@H](O[C@@H]6O[C@H](CO)[C@H](O[C@@H]7O[C@H](CO)[C@@H](O)[C@H](O[C@@H]8OC[C@@H](O)C(O)[C@H]8O)[C@H]7O[C@@H]7O[C@H](CO)[C@@H](O)[C@H](O)[C@H]7O)[C@H](O)[C@H]6O)CC[C@]5(C)[C@H]4CC[C@]3(C)[C@@H]12. The van der Waals surface area contributed by atoms with Crippen LogP contribution in [0.1, 0.15) is 85.5 Å². The summed E-state index contributed by atoms with van der Waals surface area (Å²) in [6, 6.07) is 0. The van der Waals surface area contributed by atoms with E-state index in [0.29, 0.717) is 30.6 Å². The highest BCUT2D eigenvalue weighted by Gasteiger charge is 2.64. The molecule has 0 spiro atoms. The Morgan fingerprint density at radius 3 is 1.82 bits per heavy atom. The van der Waals surface area contributed by atoms with Crippen LogP contribution in [0.15, 0.2) is 23.0 Å². The third-order valence-electron chi connectivity index (χ3n) is 20.6. The molecule has 0 aromatic heterocycles. The van der Waals surface area contributed by atoms with Crippen LogP contribution in [0, 0.1) is 40.4 Å². The van der Waals surface area contributed by atoms with Gasteiger partial charge in [-0.15, -0.1) is 0 Å². The molecule has 27 nitrogen and oxygen atoms in total. The molecule has 16 N–H and O–H groups in total. The van der Waals surface area contributed by atoms with Gasteiger partial charge in [-0.05, 0) is 98.4 Å². The minimum absolute atomic E-state index is 0.0412. The van der Waals surface area contributed by atoms with Gasteiger partial charge in [-0.25, -0.2) is 0 Å². The number of rotatable bonds is 18. The zero-order valence-electron chi connectivity index (χ0n) is 47.2. The van der Waals surface area contributed by atoms with E-state index in [1.165, 1.54) is 11.1 Å². The molecule has 0 bridgehead atoms. The maximum Gasteiger partial charge on any atom is 0.187 e. The summed E-state index contributed by atoms with van der Waals surface area (Å²) in [7, 11) is 0. The average Bonchev–Trinajstić information content (AvgIpc) is 1.68. The molecule has 0 aromatic rings. The van der Waals surface area contributed by atoms with Crippen LogP contribution in [0.3, 0.4) is 0 Å². The van der Waals surface area contributed by atoms with Crippen LogP contribution in [-0.4, -0.2) is 281 Å². The molecule has 0 amide bonds. The largest absolute Gasteiger partial charge is 0.494 e. The Morgan fingerprint density at radius 2 is 1.14 bits per heavy atom. The summed E-state index contributed by atoms with van der Waals surface area (Å²) in [5.74, 6) is 2.65. The first-order valence-electron chi connectivity index (χ1n) is 29.6. The third kappa shape index (κ3) is 12.0. The highest BCUT2D eigenvalue weighted by Crippen LogP contribution is 2.69. The van der Waals surface area contributed by atoms with Gasteiger partial charge >= 0.3 is 0 Å². The van der Waals surface area contributed by atoms with Crippen LogP contribution < -0.4 is 0 Å². The first kappa shape index (κ1) is 64.2. The van der Waals surface area contributed by atoms with Gasteiger partial charge in [-0.2, -0.15) is 0 Å². The lowest BCUT2D eigenvalue weighted by molar-refractivity contribution is -0.403. The Morgan fingerprint density at radius 1 is 0.578 bits per heavy atom. The summed E-state index contributed by atoms with van der Waals surface area (Å²) >= 11 is 0. The average molecular weight is 1200 g/mol. The predicted octanol–water partition coefficient (Wildman–Crippen LogP) is -4.62. The molecular weight excluding hydrogens is 1100 g/mol. The van der Waals surface area contributed by atoms with Crippen molar-refractivity contribution >= 4 is 0 Å².